The molecule has 27 heavy (non-hydrogen) atoms. The van der Waals surface area contributed by atoms with Crippen molar-refractivity contribution in [3.05, 3.63) is 12.4 Å². The first-order valence-corrected chi connectivity index (χ1v) is 11.4. The molecule has 4 heteroatoms. The fraction of sp³-hybridized carbons (Fsp3) is 0.870. The van der Waals surface area contributed by atoms with Crippen LogP contribution < -0.4 is 0 Å². The minimum atomic E-state index is 0.212. The molecule has 4 fully saturated rings. The van der Waals surface area contributed by atoms with Crippen LogP contribution in [-0.2, 0) is 11.3 Å². The number of carbonyl (C=O) groups is 1. The molecule has 0 aliphatic heterocycles. The van der Waals surface area contributed by atoms with Gasteiger partial charge in [0.15, 0.2) is 5.78 Å². The first-order chi connectivity index (χ1) is 13.0. The van der Waals surface area contributed by atoms with Crippen molar-refractivity contribution in [2.45, 2.75) is 84.6 Å². The Balaban J connectivity index is 1.37. The second-order valence-electron chi connectivity index (χ2n) is 10.6. The molecule has 4 aliphatic carbocycles. The highest BCUT2D eigenvalue weighted by molar-refractivity contribution is 5.81. The van der Waals surface area contributed by atoms with Gasteiger partial charge < -0.3 is 0 Å². The third-order valence-electron chi connectivity index (χ3n) is 9.74. The average Bonchev–Trinajstić information content (AvgIpc) is 3.28. The highest BCUT2D eigenvalue weighted by Crippen LogP contribution is 2.67. The predicted molar refractivity (Wildman–Crippen MR) is 105 cm³/mol. The zero-order valence-electron chi connectivity index (χ0n) is 17.1. The second kappa shape index (κ2) is 6.42. The van der Waals surface area contributed by atoms with Crippen LogP contribution in [0.2, 0.25) is 0 Å². The average molecular weight is 370 g/mol. The molecule has 0 amide bonds. The Morgan fingerprint density at radius 1 is 0.926 bits per heavy atom. The molecule has 1 aromatic rings. The fourth-order valence-corrected chi connectivity index (χ4v) is 8.40. The van der Waals surface area contributed by atoms with Crippen LogP contribution in [0.3, 0.4) is 0 Å². The zero-order chi connectivity index (χ0) is 18.6. The topological polar surface area (TPSA) is 47.8 Å². The predicted octanol–water partition coefficient (Wildman–Crippen LogP) is 4.90. The smallest absolute Gasteiger partial charge is 0.159 e. The molecule has 0 radical (unpaired) electrons. The molecule has 0 saturated heterocycles. The summed E-state index contributed by atoms with van der Waals surface area (Å²) in [6.07, 6.45) is 17.0. The number of hydrogen-bond donors (Lipinski definition) is 0. The maximum Gasteiger partial charge on any atom is 0.159 e. The van der Waals surface area contributed by atoms with Crippen molar-refractivity contribution in [2.75, 3.05) is 0 Å². The van der Waals surface area contributed by atoms with Crippen LogP contribution in [0.5, 0.6) is 0 Å². The Morgan fingerprint density at radius 2 is 1.70 bits per heavy atom. The molecule has 1 aromatic heterocycles. The van der Waals surface area contributed by atoms with Gasteiger partial charge in [0.2, 0.25) is 0 Å². The van der Waals surface area contributed by atoms with E-state index in [9.17, 15) is 4.79 Å². The van der Waals surface area contributed by atoms with Gasteiger partial charge in [0.25, 0.3) is 0 Å². The van der Waals surface area contributed by atoms with E-state index in [1.54, 1.807) is 17.2 Å². The van der Waals surface area contributed by atoms with Gasteiger partial charge in [-0.05, 0) is 85.9 Å². The summed E-state index contributed by atoms with van der Waals surface area (Å²) in [5.74, 6) is 4.09. The Kier molecular flexibility index (Phi) is 4.25. The number of Topliss-reactive ketones (excluding diaryl/α,β-unsaturated/α-hetero) is 1. The molecular weight excluding hydrogens is 334 g/mol. The van der Waals surface area contributed by atoms with Crippen LogP contribution in [0, 0.1) is 40.4 Å². The lowest BCUT2D eigenvalue weighted by atomic mass is 9.45. The van der Waals surface area contributed by atoms with Gasteiger partial charge in [-0.1, -0.05) is 26.7 Å². The largest absolute Gasteiger partial charge is 0.297 e. The summed E-state index contributed by atoms with van der Waals surface area (Å²) in [6.45, 7) is 5.44. The van der Waals surface area contributed by atoms with E-state index in [0.29, 0.717) is 17.7 Å². The molecule has 4 nitrogen and oxygen atoms in total. The van der Waals surface area contributed by atoms with E-state index in [2.05, 4.69) is 24.0 Å². The van der Waals surface area contributed by atoms with E-state index >= 15 is 0 Å². The SMILES string of the molecule is C[C@]12CCCC[C@H]1CC[C@@H]1[C@@H]2CC[C@]2(C)[C@@H](C(=O)Cn3nccn3)CC[C@@H]12. The van der Waals surface area contributed by atoms with Crippen LogP contribution in [0.15, 0.2) is 12.4 Å². The third-order valence-corrected chi connectivity index (χ3v) is 9.74. The monoisotopic (exact) mass is 369 g/mol. The maximum absolute atomic E-state index is 13.1. The van der Waals surface area contributed by atoms with Gasteiger partial charge in [0.1, 0.15) is 6.54 Å². The van der Waals surface area contributed by atoms with Gasteiger partial charge >= 0.3 is 0 Å². The molecule has 148 valence electrons. The lowest BCUT2D eigenvalue weighted by Crippen LogP contribution is -2.53. The van der Waals surface area contributed by atoms with E-state index in [0.717, 1.165) is 30.1 Å². The zero-order valence-corrected chi connectivity index (χ0v) is 17.1. The summed E-state index contributed by atoms with van der Waals surface area (Å²) < 4.78 is 0. The van der Waals surface area contributed by atoms with E-state index < -0.39 is 0 Å². The Morgan fingerprint density at radius 3 is 2.52 bits per heavy atom. The quantitative estimate of drug-likeness (QED) is 0.761. The highest BCUT2D eigenvalue weighted by atomic mass is 16.1. The maximum atomic E-state index is 13.1. The van der Waals surface area contributed by atoms with Crippen molar-refractivity contribution in [1.29, 1.82) is 0 Å². The number of fused-ring (bicyclic) bond motifs is 5. The van der Waals surface area contributed by atoms with Crippen molar-refractivity contribution in [3.8, 4) is 0 Å². The molecule has 0 unspecified atom stereocenters. The Labute approximate surface area is 163 Å². The van der Waals surface area contributed by atoms with Gasteiger partial charge in [-0.3, -0.25) is 4.79 Å². The van der Waals surface area contributed by atoms with E-state index in [-0.39, 0.29) is 11.3 Å². The summed E-state index contributed by atoms with van der Waals surface area (Å²) in [5, 5.41) is 8.32. The minimum absolute atomic E-state index is 0.212. The van der Waals surface area contributed by atoms with Crippen molar-refractivity contribution < 1.29 is 4.79 Å². The minimum Gasteiger partial charge on any atom is -0.297 e. The number of aromatic nitrogens is 3. The molecule has 0 bridgehead atoms. The first-order valence-electron chi connectivity index (χ1n) is 11.4. The van der Waals surface area contributed by atoms with Crippen molar-refractivity contribution in [1.82, 2.24) is 15.0 Å². The second-order valence-corrected chi connectivity index (χ2v) is 10.6. The molecule has 4 saturated carbocycles. The normalized spacial score (nSPS) is 46.4. The van der Waals surface area contributed by atoms with Gasteiger partial charge in [-0.25, -0.2) is 0 Å². The van der Waals surface area contributed by atoms with Gasteiger partial charge in [-0.2, -0.15) is 15.0 Å². The van der Waals surface area contributed by atoms with Gasteiger partial charge in [0, 0.05) is 5.92 Å². The Hall–Kier alpha value is -1.19. The van der Waals surface area contributed by atoms with E-state index in [1.807, 2.05) is 0 Å². The molecule has 0 spiro atoms. The van der Waals surface area contributed by atoms with E-state index in [4.69, 9.17) is 0 Å². The summed E-state index contributed by atoms with van der Waals surface area (Å²) in [5.41, 5.74) is 0.798. The van der Waals surface area contributed by atoms with Crippen molar-refractivity contribution in [3.63, 3.8) is 0 Å². The summed E-state index contributed by atoms with van der Waals surface area (Å²) in [7, 11) is 0. The standard InChI is InChI=1S/C23H35N3O/c1-22-11-4-3-5-16(22)6-7-17-18-8-9-20(23(18,2)12-10-19(17)22)21(27)15-26-24-13-14-25-26/h13-14,16-20H,3-12,15H2,1-2H3/t16-,17-,18-,19-,20+,22-,23-/m0/s1. The molecule has 1 heterocycles. The molecule has 0 aromatic carbocycles. The molecule has 0 N–H and O–H groups in total. The third kappa shape index (κ3) is 2.65. The van der Waals surface area contributed by atoms with Crippen LogP contribution in [-0.4, -0.2) is 20.8 Å². The molecule has 4 aliphatic rings. The van der Waals surface area contributed by atoms with E-state index in [1.165, 1.54) is 57.8 Å². The number of carbonyl (C=O) groups excluding carboxylic acids is 1. The van der Waals surface area contributed by atoms with Crippen LogP contribution >= 0.6 is 0 Å². The van der Waals surface area contributed by atoms with Crippen molar-refractivity contribution in [2.24, 2.45) is 40.4 Å². The number of rotatable bonds is 3. The van der Waals surface area contributed by atoms with Crippen LogP contribution in [0.4, 0.5) is 0 Å². The van der Waals surface area contributed by atoms with Crippen LogP contribution in [0.25, 0.3) is 0 Å². The van der Waals surface area contributed by atoms with Gasteiger partial charge in [-0.15, -0.1) is 0 Å². The molecule has 5 rings (SSSR count). The van der Waals surface area contributed by atoms with Crippen LogP contribution in [0.1, 0.15) is 78.1 Å². The number of ketones is 1. The molecule has 7 atom stereocenters. The summed E-state index contributed by atoms with van der Waals surface area (Å²) >= 11 is 0. The van der Waals surface area contributed by atoms with Gasteiger partial charge in [0.05, 0.1) is 12.4 Å². The molecular formula is C23H35N3O. The summed E-state index contributed by atoms with van der Waals surface area (Å²) in [4.78, 5) is 14.7. The lowest BCUT2D eigenvalue weighted by Gasteiger charge is -2.60. The lowest BCUT2D eigenvalue weighted by molar-refractivity contribution is -0.136. The highest BCUT2D eigenvalue weighted by Gasteiger charge is 2.60. The number of hydrogen-bond acceptors (Lipinski definition) is 3. The fourth-order valence-electron chi connectivity index (χ4n) is 8.40. The first kappa shape index (κ1) is 17.9. The number of nitrogens with zero attached hydrogens (tertiary/aromatic N) is 3. The Bertz CT molecular complexity index is 700. The van der Waals surface area contributed by atoms with Crippen molar-refractivity contribution >= 4 is 5.78 Å². The summed E-state index contributed by atoms with van der Waals surface area (Å²) in [6, 6.07) is 0.